The minimum absolute atomic E-state index is 0.151. The first kappa shape index (κ1) is 23.4. The van der Waals surface area contributed by atoms with Gasteiger partial charge in [0.05, 0.1) is 0 Å². The van der Waals surface area contributed by atoms with E-state index in [1.807, 2.05) is 51.4 Å². The SMILES string of the molecule is CN=C(NCc1ccccc1OCCN(C)C)NCc1cc(C)ccc1OC(F)F. The van der Waals surface area contributed by atoms with Crippen molar-refractivity contribution in [1.29, 1.82) is 0 Å². The normalized spacial score (nSPS) is 11.7. The summed E-state index contributed by atoms with van der Waals surface area (Å²) in [5.74, 6) is 1.51. The summed E-state index contributed by atoms with van der Waals surface area (Å²) in [5, 5.41) is 6.37. The lowest BCUT2D eigenvalue weighted by atomic mass is 10.1. The predicted octanol–water partition coefficient (Wildman–Crippen LogP) is 3.40. The number of benzene rings is 2. The van der Waals surface area contributed by atoms with Crippen LogP contribution in [0.15, 0.2) is 47.5 Å². The topological polar surface area (TPSA) is 58.1 Å². The number of halogens is 2. The Bertz CT molecular complexity index is 829. The first-order valence-electron chi connectivity index (χ1n) is 9.73. The second-order valence-corrected chi connectivity index (χ2v) is 7.03. The van der Waals surface area contributed by atoms with Gasteiger partial charge >= 0.3 is 6.61 Å². The van der Waals surface area contributed by atoms with Crippen LogP contribution in [0.5, 0.6) is 11.5 Å². The van der Waals surface area contributed by atoms with Crippen LogP contribution in [-0.4, -0.2) is 51.8 Å². The van der Waals surface area contributed by atoms with Crippen LogP contribution in [0.4, 0.5) is 8.78 Å². The number of hydrogen-bond donors (Lipinski definition) is 2. The maximum absolute atomic E-state index is 12.7. The molecule has 0 spiro atoms. The molecule has 0 fully saturated rings. The van der Waals surface area contributed by atoms with Crippen LogP contribution in [0.2, 0.25) is 0 Å². The fourth-order valence-corrected chi connectivity index (χ4v) is 2.76. The minimum Gasteiger partial charge on any atom is -0.492 e. The standard InChI is InChI=1S/C22H30F2N4O2/c1-16-9-10-20(30-21(23)24)18(13-16)15-27-22(25-2)26-14-17-7-5-6-8-19(17)29-12-11-28(3)4/h5-10,13,21H,11-12,14-15H2,1-4H3,(H2,25,26,27). The average Bonchev–Trinajstić information content (AvgIpc) is 2.70. The van der Waals surface area contributed by atoms with Crippen LogP contribution in [0.1, 0.15) is 16.7 Å². The molecule has 0 saturated heterocycles. The number of likely N-dealkylation sites (N-methyl/N-ethyl adjacent to an activating group) is 1. The highest BCUT2D eigenvalue weighted by atomic mass is 19.3. The summed E-state index contributed by atoms with van der Waals surface area (Å²) in [6, 6.07) is 12.9. The van der Waals surface area contributed by atoms with Crippen LogP contribution in [0.25, 0.3) is 0 Å². The summed E-state index contributed by atoms with van der Waals surface area (Å²) >= 11 is 0. The lowest BCUT2D eigenvalue weighted by molar-refractivity contribution is -0.0504. The first-order valence-corrected chi connectivity index (χ1v) is 9.73. The van der Waals surface area contributed by atoms with E-state index in [4.69, 9.17) is 4.74 Å². The summed E-state index contributed by atoms with van der Waals surface area (Å²) in [6.07, 6.45) is 0. The number of aliphatic imine (C=N–C) groups is 1. The van der Waals surface area contributed by atoms with Crippen LogP contribution in [-0.2, 0) is 13.1 Å². The van der Waals surface area contributed by atoms with Gasteiger partial charge in [-0.15, -0.1) is 0 Å². The van der Waals surface area contributed by atoms with Crippen molar-refractivity contribution < 1.29 is 18.3 Å². The van der Waals surface area contributed by atoms with Gasteiger partial charge in [0.1, 0.15) is 18.1 Å². The van der Waals surface area contributed by atoms with Gasteiger partial charge in [-0.2, -0.15) is 8.78 Å². The number of aryl methyl sites for hydroxylation is 1. The molecule has 0 unspecified atom stereocenters. The summed E-state index contributed by atoms with van der Waals surface area (Å²) in [7, 11) is 5.65. The molecule has 164 valence electrons. The predicted molar refractivity (Wildman–Crippen MR) is 115 cm³/mol. The van der Waals surface area contributed by atoms with Crippen molar-refractivity contribution in [2.45, 2.75) is 26.6 Å². The Hall–Kier alpha value is -2.87. The molecule has 0 heterocycles. The monoisotopic (exact) mass is 420 g/mol. The Morgan fingerprint density at radius 1 is 1.03 bits per heavy atom. The Balaban J connectivity index is 1.96. The molecule has 0 aliphatic carbocycles. The fraction of sp³-hybridized carbons (Fsp3) is 0.409. The van der Waals surface area contributed by atoms with E-state index in [9.17, 15) is 8.78 Å². The quantitative estimate of drug-likeness (QED) is 0.456. The van der Waals surface area contributed by atoms with E-state index in [1.54, 1.807) is 19.2 Å². The van der Waals surface area contributed by atoms with Gasteiger partial charge in [-0.3, -0.25) is 4.99 Å². The van der Waals surface area contributed by atoms with Crippen molar-refractivity contribution in [2.75, 3.05) is 34.3 Å². The Morgan fingerprint density at radius 2 is 1.73 bits per heavy atom. The molecular weight excluding hydrogens is 390 g/mol. The van der Waals surface area contributed by atoms with E-state index in [2.05, 4.69) is 25.3 Å². The molecule has 0 bridgehead atoms. The van der Waals surface area contributed by atoms with E-state index < -0.39 is 6.61 Å². The number of ether oxygens (including phenoxy) is 2. The molecule has 0 aliphatic heterocycles. The van der Waals surface area contributed by atoms with Crippen LogP contribution in [0, 0.1) is 6.92 Å². The third-order valence-electron chi connectivity index (χ3n) is 4.32. The molecule has 0 amide bonds. The molecule has 2 N–H and O–H groups in total. The molecule has 0 aromatic heterocycles. The van der Waals surface area contributed by atoms with E-state index in [0.29, 0.717) is 31.2 Å². The molecule has 8 heteroatoms. The number of hydrogen-bond acceptors (Lipinski definition) is 4. The zero-order valence-electron chi connectivity index (χ0n) is 17.9. The second-order valence-electron chi connectivity index (χ2n) is 7.03. The summed E-state index contributed by atoms with van der Waals surface area (Å²) in [4.78, 5) is 6.26. The second kappa shape index (κ2) is 12.0. The largest absolute Gasteiger partial charge is 0.492 e. The number of guanidine groups is 1. The molecular formula is C22H30F2N4O2. The Kier molecular flexibility index (Phi) is 9.34. The highest BCUT2D eigenvalue weighted by Crippen LogP contribution is 2.22. The lowest BCUT2D eigenvalue weighted by Crippen LogP contribution is -2.36. The Labute approximate surface area is 176 Å². The molecule has 6 nitrogen and oxygen atoms in total. The third kappa shape index (κ3) is 7.87. The average molecular weight is 421 g/mol. The van der Waals surface area contributed by atoms with Crippen LogP contribution >= 0.6 is 0 Å². The lowest BCUT2D eigenvalue weighted by Gasteiger charge is -2.17. The van der Waals surface area contributed by atoms with Crippen molar-refractivity contribution in [3.8, 4) is 11.5 Å². The van der Waals surface area contributed by atoms with Gasteiger partial charge in [0.15, 0.2) is 5.96 Å². The van der Waals surface area contributed by atoms with Gasteiger partial charge in [-0.1, -0.05) is 35.9 Å². The van der Waals surface area contributed by atoms with Crippen LogP contribution < -0.4 is 20.1 Å². The van der Waals surface area contributed by atoms with Gasteiger partial charge in [-0.25, -0.2) is 0 Å². The molecule has 2 aromatic carbocycles. The minimum atomic E-state index is -2.87. The van der Waals surface area contributed by atoms with Crippen LogP contribution in [0.3, 0.4) is 0 Å². The number of para-hydroxylation sites is 1. The molecule has 0 saturated carbocycles. The molecule has 30 heavy (non-hydrogen) atoms. The molecule has 0 aliphatic rings. The van der Waals surface area contributed by atoms with Gasteiger partial charge in [0.25, 0.3) is 0 Å². The maximum atomic E-state index is 12.7. The van der Waals surface area contributed by atoms with Gasteiger partial charge in [-0.05, 0) is 33.2 Å². The van der Waals surface area contributed by atoms with Crippen molar-refractivity contribution in [3.63, 3.8) is 0 Å². The van der Waals surface area contributed by atoms with Crippen molar-refractivity contribution in [2.24, 2.45) is 4.99 Å². The van der Waals surface area contributed by atoms with Crippen molar-refractivity contribution in [3.05, 3.63) is 59.2 Å². The van der Waals surface area contributed by atoms with E-state index >= 15 is 0 Å². The van der Waals surface area contributed by atoms with E-state index in [-0.39, 0.29) is 5.75 Å². The molecule has 2 aromatic rings. The number of nitrogens with zero attached hydrogens (tertiary/aromatic N) is 2. The summed E-state index contributed by atoms with van der Waals surface area (Å²) in [6.45, 7) is 1.25. The summed E-state index contributed by atoms with van der Waals surface area (Å²) < 4.78 is 35.8. The zero-order chi connectivity index (χ0) is 21.9. The van der Waals surface area contributed by atoms with E-state index in [0.717, 1.165) is 23.4 Å². The van der Waals surface area contributed by atoms with Crippen molar-refractivity contribution >= 4 is 5.96 Å². The van der Waals surface area contributed by atoms with Crippen molar-refractivity contribution in [1.82, 2.24) is 15.5 Å². The highest BCUT2D eigenvalue weighted by molar-refractivity contribution is 5.79. The highest BCUT2D eigenvalue weighted by Gasteiger charge is 2.11. The van der Waals surface area contributed by atoms with E-state index in [1.165, 1.54) is 0 Å². The number of rotatable bonds is 10. The number of nitrogens with one attached hydrogen (secondary N) is 2. The van der Waals surface area contributed by atoms with Gasteiger partial charge in [0.2, 0.25) is 0 Å². The smallest absolute Gasteiger partial charge is 0.387 e. The van der Waals surface area contributed by atoms with Gasteiger partial charge < -0.3 is 25.0 Å². The molecule has 0 atom stereocenters. The maximum Gasteiger partial charge on any atom is 0.387 e. The van der Waals surface area contributed by atoms with Gasteiger partial charge in [0, 0.05) is 37.8 Å². The first-order chi connectivity index (χ1) is 14.4. The zero-order valence-corrected chi connectivity index (χ0v) is 17.9. The molecule has 2 rings (SSSR count). The Morgan fingerprint density at radius 3 is 2.40 bits per heavy atom. The summed E-state index contributed by atoms with van der Waals surface area (Å²) in [5.41, 5.74) is 2.59. The molecule has 0 radical (unpaired) electrons. The number of alkyl halides is 2. The fourth-order valence-electron chi connectivity index (χ4n) is 2.76. The third-order valence-corrected chi connectivity index (χ3v) is 4.32.